The predicted octanol–water partition coefficient (Wildman–Crippen LogP) is 2.49. The molecule has 1 amide bonds. The molecule has 1 fully saturated rings. The van der Waals surface area contributed by atoms with Gasteiger partial charge in [-0.15, -0.1) is 0 Å². The van der Waals surface area contributed by atoms with E-state index in [0.717, 1.165) is 31.4 Å². The van der Waals surface area contributed by atoms with E-state index in [1.54, 1.807) is 0 Å². The summed E-state index contributed by atoms with van der Waals surface area (Å²) in [6, 6.07) is 9.45. The topological polar surface area (TPSA) is 78.9 Å². The number of carboxylic acid groups (broad SMARTS) is 1. The SMILES string of the molecule is CCCC1CC(NC(=O)OCc2ccccc2)CN(CC(=O)O)C1. The Morgan fingerprint density at radius 3 is 2.71 bits per heavy atom. The lowest BCUT2D eigenvalue weighted by atomic mass is 9.90. The number of carbonyl (C=O) groups is 2. The first kappa shape index (κ1) is 18.3. The minimum atomic E-state index is -0.836. The maximum Gasteiger partial charge on any atom is 0.407 e. The number of aliphatic carboxylic acids is 1. The van der Waals surface area contributed by atoms with Gasteiger partial charge in [0.2, 0.25) is 0 Å². The van der Waals surface area contributed by atoms with Crippen LogP contribution in [0.3, 0.4) is 0 Å². The molecule has 1 aromatic carbocycles. The van der Waals surface area contributed by atoms with Crippen molar-refractivity contribution in [3.63, 3.8) is 0 Å². The van der Waals surface area contributed by atoms with E-state index in [9.17, 15) is 9.59 Å². The minimum Gasteiger partial charge on any atom is -0.480 e. The van der Waals surface area contributed by atoms with Gasteiger partial charge < -0.3 is 15.2 Å². The van der Waals surface area contributed by atoms with E-state index in [0.29, 0.717) is 12.5 Å². The maximum absolute atomic E-state index is 12.0. The zero-order valence-electron chi connectivity index (χ0n) is 14.1. The van der Waals surface area contributed by atoms with Crippen LogP contribution in [0.25, 0.3) is 0 Å². The summed E-state index contributed by atoms with van der Waals surface area (Å²) in [5.74, 6) is -0.430. The van der Waals surface area contributed by atoms with Crippen molar-refractivity contribution >= 4 is 12.1 Å². The van der Waals surface area contributed by atoms with E-state index in [2.05, 4.69) is 12.2 Å². The zero-order valence-corrected chi connectivity index (χ0v) is 14.1. The average Bonchev–Trinajstić information content (AvgIpc) is 2.53. The van der Waals surface area contributed by atoms with Crippen LogP contribution in [-0.4, -0.2) is 47.7 Å². The van der Waals surface area contributed by atoms with Crippen molar-refractivity contribution < 1.29 is 19.4 Å². The highest BCUT2D eigenvalue weighted by Gasteiger charge is 2.29. The van der Waals surface area contributed by atoms with Crippen LogP contribution in [0.2, 0.25) is 0 Å². The number of nitrogens with zero attached hydrogens (tertiary/aromatic N) is 1. The maximum atomic E-state index is 12.0. The van der Waals surface area contributed by atoms with Crippen molar-refractivity contribution in [2.75, 3.05) is 19.6 Å². The molecule has 24 heavy (non-hydrogen) atoms. The van der Waals surface area contributed by atoms with Gasteiger partial charge in [0.15, 0.2) is 0 Å². The van der Waals surface area contributed by atoms with Crippen molar-refractivity contribution in [2.24, 2.45) is 5.92 Å². The number of likely N-dealkylation sites (tertiary alicyclic amines) is 1. The molecule has 1 saturated heterocycles. The van der Waals surface area contributed by atoms with Gasteiger partial charge in [-0.25, -0.2) is 4.79 Å². The number of ether oxygens (including phenoxy) is 1. The Hall–Kier alpha value is -2.08. The Morgan fingerprint density at radius 1 is 1.29 bits per heavy atom. The molecule has 1 aliphatic rings. The summed E-state index contributed by atoms with van der Waals surface area (Å²) in [6.45, 7) is 3.69. The molecule has 0 spiro atoms. The van der Waals surface area contributed by atoms with Gasteiger partial charge in [-0.2, -0.15) is 0 Å². The molecule has 0 aliphatic carbocycles. The molecule has 0 bridgehead atoms. The predicted molar refractivity (Wildman–Crippen MR) is 90.6 cm³/mol. The van der Waals surface area contributed by atoms with Crippen LogP contribution in [0.5, 0.6) is 0 Å². The van der Waals surface area contributed by atoms with Crippen LogP contribution in [0, 0.1) is 5.92 Å². The number of alkyl carbamates (subject to hydrolysis) is 1. The molecule has 2 unspecified atom stereocenters. The lowest BCUT2D eigenvalue weighted by Crippen LogP contribution is -2.52. The van der Waals surface area contributed by atoms with E-state index < -0.39 is 12.1 Å². The number of piperidine rings is 1. The fourth-order valence-corrected chi connectivity index (χ4v) is 3.28. The second-order valence-electron chi connectivity index (χ2n) is 6.38. The quantitative estimate of drug-likeness (QED) is 0.801. The van der Waals surface area contributed by atoms with Gasteiger partial charge in [-0.05, 0) is 24.3 Å². The molecule has 2 atom stereocenters. The molecular weight excluding hydrogens is 308 g/mol. The molecule has 2 N–H and O–H groups in total. The average molecular weight is 334 g/mol. The second kappa shape index (κ2) is 9.27. The molecule has 0 saturated carbocycles. The van der Waals surface area contributed by atoms with Crippen molar-refractivity contribution in [3.8, 4) is 0 Å². The second-order valence-corrected chi connectivity index (χ2v) is 6.38. The van der Waals surface area contributed by atoms with Crippen LogP contribution >= 0.6 is 0 Å². The summed E-state index contributed by atoms with van der Waals surface area (Å²) in [6.07, 6.45) is 2.50. The number of hydrogen-bond donors (Lipinski definition) is 2. The summed E-state index contributed by atoms with van der Waals surface area (Å²) >= 11 is 0. The van der Waals surface area contributed by atoms with Gasteiger partial charge >= 0.3 is 12.1 Å². The molecule has 6 nitrogen and oxygen atoms in total. The van der Waals surface area contributed by atoms with Crippen molar-refractivity contribution in [3.05, 3.63) is 35.9 Å². The molecule has 6 heteroatoms. The van der Waals surface area contributed by atoms with Gasteiger partial charge in [0.05, 0.1) is 6.54 Å². The summed E-state index contributed by atoms with van der Waals surface area (Å²) in [5, 5.41) is 11.9. The molecule has 2 rings (SSSR count). The van der Waals surface area contributed by atoms with E-state index >= 15 is 0 Å². The van der Waals surface area contributed by atoms with Gasteiger partial charge in [0, 0.05) is 19.1 Å². The molecule has 1 heterocycles. The van der Waals surface area contributed by atoms with Crippen LogP contribution < -0.4 is 5.32 Å². The molecule has 0 aromatic heterocycles. The Labute approximate surface area is 142 Å². The fourth-order valence-electron chi connectivity index (χ4n) is 3.28. The number of nitrogens with one attached hydrogen (secondary N) is 1. The number of hydrogen-bond acceptors (Lipinski definition) is 4. The van der Waals surface area contributed by atoms with Crippen LogP contribution in [-0.2, 0) is 16.1 Å². The van der Waals surface area contributed by atoms with Gasteiger partial charge in [-0.3, -0.25) is 9.69 Å². The molecule has 0 radical (unpaired) electrons. The highest BCUT2D eigenvalue weighted by molar-refractivity contribution is 5.69. The third-order valence-electron chi connectivity index (χ3n) is 4.20. The van der Waals surface area contributed by atoms with Crippen LogP contribution in [0.15, 0.2) is 30.3 Å². The largest absolute Gasteiger partial charge is 0.480 e. The van der Waals surface area contributed by atoms with E-state index in [-0.39, 0.29) is 19.2 Å². The number of benzene rings is 1. The molecule has 132 valence electrons. The number of amides is 1. The van der Waals surface area contributed by atoms with Gasteiger partial charge in [0.25, 0.3) is 0 Å². The van der Waals surface area contributed by atoms with Gasteiger partial charge in [-0.1, -0.05) is 43.7 Å². The monoisotopic (exact) mass is 334 g/mol. The first-order valence-electron chi connectivity index (χ1n) is 8.48. The van der Waals surface area contributed by atoms with Gasteiger partial charge in [0.1, 0.15) is 6.61 Å². The summed E-state index contributed by atoms with van der Waals surface area (Å²) in [4.78, 5) is 24.9. The standard InChI is InChI=1S/C18H26N2O4/c1-2-6-15-9-16(11-20(10-15)12-17(21)22)19-18(23)24-13-14-7-4-3-5-8-14/h3-5,7-8,15-16H,2,6,9-13H2,1H3,(H,19,23)(H,21,22). The van der Waals surface area contributed by atoms with E-state index in [1.165, 1.54) is 0 Å². The highest BCUT2D eigenvalue weighted by atomic mass is 16.5. The zero-order chi connectivity index (χ0) is 17.4. The molecule has 1 aromatic rings. The van der Waals surface area contributed by atoms with E-state index in [1.807, 2.05) is 35.2 Å². The first-order valence-corrected chi connectivity index (χ1v) is 8.48. The summed E-state index contributed by atoms with van der Waals surface area (Å²) < 4.78 is 5.26. The van der Waals surface area contributed by atoms with Crippen molar-refractivity contribution in [1.29, 1.82) is 0 Å². The lowest BCUT2D eigenvalue weighted by Gasteiger charge is -2.37. The number of carboxylic acids is 1. The van der Waals surface area contributed by atoms with Crippen molar-refractivity contribution in [1.82, 2.24) is 10.2 Å². The lowest BCUT2D eigenvalue weighted by molar-refractivity contribution is -0.138. The fraction of sp³-hybridized carbons (Fsp3) is 0.556. The minimum absolute atomic E-state index is 0.0114. The summed E-state index contributed by atoms with van der Waals surface area (Å²) in [7, 11) is 0. The Kier molecular flexibility index (Phi) is 7.06. The van der Waals surface area contributed by atoms with Crippen LogP contribution in [0.1, 0.15) is 31.7 Å². The smallest absolute Gasteiger partial charge is 0.407 e. The Bertz CT molecular complexity index is 535. The summed E-state index contributed by atoms with van der Waals surface area (Å²) in [5.41, 5.74) is 0.938. The normalized spacial score (nSPS) is 21.2. The Morgan fingerprint density at radius 2 is 2.04 bits per heavy atom. The number of carbonyl (C=O) groups excluding carboxylic acids is 1. The van der Waals surface area contributed by atoms with E-state index in [4.69, 9.17) is 9.84 Å². The number of rotatable bonds is 7. The molecular formula is C18H26N2O4. The Balaban J connectivity index is 1.84. The van der Waals surface area contributed by atoms with Crippen molar-refractivity contribution in [2.45, 2.75) is 38.8 Å². The first-order chi connectivity index (χ1) is 11.6. The molecule has 1 aliphatic heterocycles. The third-order valence-corrected chi connectivity index (χ3v) is 4.20. The third kappa shape index (κ3) is 6.20. The highest BCUT2D eigenvalue weighted by Crippen LogP contribution is 2.21. The van der Waals surface area contributed by atoms with Crippen LogP contribution in [0.4, 0.5) is 4.79 Å².